The first kappa shape index (κ1) is 16.7. The highest BCUT2D eigenvalue weighted by atomic mass is 19.4. The minimum Gasteiger partial charge on any atom is -0.307 e. The first-order chi connectivity index (χ1) is 11.1. The highest BCUT2D eigenvalue weighted by Gasteiger charge is 2.37. The monoisotopic (exact) mass is 350 g/mol. The van der Waals surface area contributed by atoms with Gasteiger partial charge in [0.05, 0.1) is 17.2 Å². The molecule has 1 aliphatic rings. The predicted octanol–water partition coefficient (Wildman–Crippen LogP) is 3.93. The van der Waals surface area contributed by atoms with Crippen LogP contribution in [0.2, 0.25) is 0 Å². The molecule has 1 aromatic heterocycles. The van der Waals surface area contributed by atoms with Gasteiger partial charge in [0, 0.05) is 5.56 Å². The predicted molar refractivity (Wildman–Crippen MR) is 71.8 cm³/mol. The number of rotatable bonds is 2. The van der Waals surface area contributed by atoms with Gasteiger partial charge in [0.15, 0.2) is 5.82 Å². The lowest BCUT2D eigenvalue weighted by molar-refractivity contribution is -0.143. The third-order valence-corrected chi connectivity index (χ3v) is 3.74. The summed E-state index contributed by atoms with van der Waals surface area (Å²) in [5, 5.41) is 9.46. The molecule has 0 spiro atoms. The topological polar surface area (TPSA) is 53.6 Å². The Labute approximate surface area is 132 Å². The van der Waals surface area contributed by atoms with Gasteiger partial charge in [0.25, 0.3) is 0 Å². The molecule has 0 amide bonds. The van der Waals surface area contributed by atoms with Gasteiger partial charge in [-0.25, -0.2) is 4.98 Å². The van der Waals surface area contributed by atoms with Gasteiger partial charge in [-0.05, 0) is 37.6 Å². The summed E-state index contributed by atoms with van der Waals surface area (Å²) in [4.78, 5) is 4.04. The molecule has 1 atom stereocenters. The second-order valence-corrected chi connectivity index (χ2v) is 5.49. The molecule has 0 aliphatic carbocycles. The van der Waals surface area contributed by atoms with Crippen molar-refractivity contribution >= 4 is 0 Å². The van der Waals surface area contributed by atoms with Crippen LogP contribution in [0.4, 0.5) is 26.3 Å². The molecule has 0 unspecified atom stereocenters. The van der Waals surface area contributed by atoms with Crippen molar-refractivity contribution in [3.8, 4) is 11.4 Å². The average molecular weight is 350 g/mol. The number of nitrogens with zero attached hydrogens (tertiary/aromatic N) is 2. The molecular formula is C14H12F6N4. The Hall–Kier alpha value is -2.10. The van der Waals surface area contributed by atoms with Crippen LogP contribution in [-0.4, -0.2) is 21.7 Å². The van der Waals surface area contributed by atoms with Crippen LogP contribution in [0.1, 0.15) is 35.8 Å². The maximum atomic E-state index is 12.9. The number of nitrogens with one attached hydrogen (secondary N) is 2. The second kappa shape index (κ2) is 5.76. The van der Waals surface area contributed by atoms with Crippen LogP contribution >= 0.6 is 0 Å². The minimum atomic E-state index is -4.90. The average Bonchev–Trinajstić information content (AvgIpc) is 3.16. The zero-order chi connectivity index (χ0) is 17.5. The van der Waals surface area contributed by atoms with E-state index >= 15 is 0 Å². The van der Waals surface area contributed by atoms with Crippen molar-refractivity contribution in [1.82, 2.24) is 20.5 Å². The third kappa shape index (κ3) is 3.37. The van der Waals surface area contributed by atoms with Crippen molar-refractivity contribution in [3.63, 3.8) is 0 Å². The summed E-state index contributed by atoms with van der Waals surface area (Å²) in [5.74, 6) is 0.198. The Bertz CT molecular complexity index is 695. The molecule has 24 heavy (non-hydrogen) atoms. The molecule has 4 nitrogen and oxygen atoms in total. The van der Waals surface area contributed by atoms with E-state index in [1.54, 1.807) is 0 Å². The SMILES string of the molecule is FC(F)(F)c1cc(-c2n[nH]c([C@H]3CCCN3)n2)cc(C(F)(F)F)c1. The number of hydrogen-bond acceptors (Lipinski definition) is 3. The summed E-state index contributed by atoms with van der Waals surface area (Å²) >= 11 is 0. The summed E-state index contributed by atoms with van der Waals surface area (Å²) in [5.41, 5.74) is -3.12. The molecule has 1 aromatic carbocycles. The molecule has 2 aromatic rings. The highest BCUT2D eigenvalue weighted by Crippen LogP contribution is 2.38. The van der Waals surface area contributed by atoms with Crippen molar-refractivity contribution < 1.29 is 26.3 Å². The molecule has 130 valence electrons. The Morgan fingerprint density at radius 2 is 1.58 bits per heavy atom. The van der Waals surface area contributed by atoms with Crippen LogP contribution in [0.15, 0.2) is 18.2 Å². The van der Waals surface area contributed by atoms with E-state index in [-0.39, 0.29) is 23.5 Å². The summed E-state index contributed by atoms with van der Waals surface area (Å²) in [6, 6.07) is 1.18. The standard InChI is InChI=1S/C14H12F6N4/c15-13(16,17)8-4-7(5-9(6-8)14(18,19)20)11-22-12(24-23-11)10-2-1-3-21-10/h4-6,10,21H,1-3H2,(H,22,23,24)/t10-/m1/s1. The van der Waals surface area contributed by atoms with Gasteiger partial charge in [0.2, 0.25) is 0 Å². The molecule has 3 rings (SSSR count). The number of alkyl halides is 6. The Morgan fingerprint density at radius 3 is 2.08 bits per heavy atom. The Kier molecular flexibility index (Phi) is 4.02. The zero-order valence-corrected chi connectivity index (χ0v) is 12.1. The Balaban J connectivity index is 2.03. The summed E-state index contributed by atoms with van der Waals surface area (Å²) in [6.45, 7) is 0.766. The number of halogens is 6. The number of aromatic nitrogens is 3. The second-order valence-electron chi connectivity index (χ2n) is 5.49. The summed E-state index contributed by atoms with van der Waals surface area (Å²) < 4.78 is 77.3. The largest absolute Gasteiger partial charge is 0.416 e. The van der Waals surface area contributed by atoms with Gasteiger partial charge in [0.1, 0.15) is 5.82 Å². The first-order valence-electron chi connectivity index (χ1n) is 7.10. The summed E-state index contributed by atoms with van der Waals surface area (Å²) in [7, 11) is 0. The minimum absolute atomic E-state index is 0.0790. The van der Waals surface area contributed by atoms with Crippen LogP contribution in [0.5, 0.6) is 0 Å². The zero-order valence-electron chi connectivity index (χ0n) is 12.1. The van der Waals surface area contributed by atoms with Gasteiger partial charge in [-0.2, -0.15) is 31.4 Å². The maximum absolute atomic E-state index is 12.9. The van der Waals surface area contributed by atoms with E-state index in [9.17, 15) is 26.3 Å². The van der Waals surface area contributed by atoms with E-state index in [4.69, 9.17) is 0 Å². The van der Waals surface area contributed by atoms with Gasteiger partial charge >= 0.3 is 12.4 Å². The Morgan fingerprint density at radius 1 is 0.958 bits per heavy atom. The van der Waals surface area contributed by atoms with Crippen molar-refractivity contribution in [1.29, 1.82) is 0 Å². The lowest BCUT2D eigenvalue weighted by atomic mass is 10.0. The van der Waals surface area contributed by atoms with E-state index < -0.39 is 23.5 Å². The van der Waals surface area contributed by atoms with Crippen molar-refractivity contribution in [2.75, 3.05) is 6.54 Å². The van der Waals surface area contributed by atoms with Crippen LogP contribution in [0, 0.1) is 0 Å². The van der Waals surface area contributed by atoms with E-state index in [2.05, 4.69) is 20.5 Å². The lowest BCUT2D eigenvalue weighted by Gasteiger charge is -2.13. The lowest BCUT2D eigenvalue weighted by Crippen LogP contribution is -2.14. The molecule has 1 aliphatic heterocycles. The smallest absolute Gasteiger partial charge is 0.307 e. The van der Waals surface area contributed by atoms with Crippen LogP contribution in [0.3, 0.4) is 0 Å². The third-order valence-electron chi connectivity index (χ3n) is 3.74. The highest BCUT2D eigenvalue weighted by molar-refractivity contribution is 5.58. The first-order valence-corrected chi connectivity index (χ1v) is 7.10. The molecule has 1 fully saturated rings. The molecule has 2 heterocycles. The molecule has 0 radical (unpaired) electrons. The molecule has 10 heteroatoms. The van der Waals surface area contributed by atoms with E-state index in [0.29, 0.717) is 18.0 Å². The maximum Gasteiger partial charge on any atom is 0.416 e. The van der Waals surface area contributed by atoms with E-state index in [1.807, 2.05) is 0 Å². The van der Waals surface area contributed by atoms with Crippen molar-refractivity contribution in [2.24, 2.45) is 0 Å². The number of benzene rings is 1. The summed E-state index contributed by atoms with van der Waals surface area (Å²) in [6.07, 6.45) is -8.13. The fraction of sp³-hybridized carbons (Fsp3) is 0.429. The van der Waals surface area contributed by atoms with Crippen molar-refractivity contribution in [3.05, 3.63) is 35.2 Å². The van der Waals surface area contributed by atoms with Gasteiger partial charge < -0.3 is 5.32 Å². The van der Waals surface area contributed by atoms with E-state index in [1.165, 1.54) is 0 Å². The van der Waals surface area contributed by atoms with Crippen LogP contribution in [-0.2, 0) is 12.4 Å². The molecule has 2 N–H and O–H groups in total. The van der Waals surface area contributed by atoms with Gasteiger partial charge in [-0.15, -0.1) is 0 Å². The number of H-pyrrole nitrogens is 1. The fourth-order valence-corrected chi connectivity index (χ4v) is 2.56. The number of hydrogen-bond donors (Lipinski definition) is 2. The molecule has 1 saturated heterocycles. The molecule has 0 saturated carbocycles. The normalized spacial score (nSPS) is 19.0. The fourth-order valence-electron chi connectivity index (χ4n) is 2.56. The van der Waals surface area contributed by atoms with E-state index in [0.717, 1.165) is 19.4 Å². The quantitative estimate of drug-likeness (QED) is 0.807. The van der Waals surface area contributed by atoms with Gasteiger partial charge in [-0.1, -0.05) is 0 Å². The molecule has 0 bridgehead atoms. The molecular weight excluding hydrogens is 338 g/mol. The number of aromatic amines is 1. The van der Waals surface area contributed by atoms with Crippen molar-refractivity contribution in [2.45, 2.75) is 31.2 Å². The van der Waals surface area contributed by atoms with Crippen LogP contribution in [0.25, 0.3) is 11.4 Å². The van der Waals surface area contributed by atoms with Crippen LogP contribution < -0.4 is 5.32 Å². The van der Waals surface area contributed by atoms with Gasteiger partial charge in [-0.3, -0.25) is 5.10 Å².